The molecule has 1 saturated carbocycles. The number of nitrogens with one attached hydrogen (secondary N) is 1. The van der Waals surface area contributed by atoms with Gasteiger partial charge in [0.15, 0.2) is 0 Å². The van der Waals surface area contributed by atoms with Gasteiger partial charge in [-0.2, -0.15) is 0 Å². The van der Waals surface area contributed by atoms with Crippen LogP contribution in [-0.2, 0) is 6.42 Å². The van der Waals surface area contributed by atoms with Crippen LogP contribution in [0.25, 0.3) is 0 Å². The van der Waals surface area contributed by atoms with Crippen LogP contribution in [0, 0.1) is 6.92 Å². The van der Waals surface area contributed by atoms with Gasteiger partial charge in [0.2, 0.25) is 0 Å². The highest BCUT2D eigenvalue weighted by atomic mass is 15.3. The highest BCUT2D eigenvalue weighted by molar-refractivity contribution is 5.45. The number of aryl methyl sites for hydroxylation is 1. The van der Waals surface area contributed by atoms with Gasteiger partial charge in [0, 0.05) is 17.2 Å². The van der Waals surface area contributed by atoms with Crippen molar-refractivity contribution in [2.24, 2.45) is 5.84 Å². The molecule has 4 heteroatoms. The Hall–Kier alpha value is -1.16. The van der Waals surface area contributed by atoms with E-state index in [1.165, 1.54) is 44.9 Å². The Balaban J connectivity index is 2.26. The maximum atomic E-state index is 5.59. The monoisotopic (exact) mass is 262 g/mol. The minimum atomic E-state index is 0.512. The van der Waals surface area contributed by atoms with Crippen molar-refractivity contribution in [3.05, 3.63) is 17.1 Å². The summed E-state index contributed by atoms with van der Waals surface area (Å²) in [6.45, 7) is 4.17. The maximum Gasteiger partial charge on any atom is 0.146 e. The van der Waals surface area contributed by atoms with Crippen LogP contribution in [0.2, 0.25) is 0 Å². The first-order valence-electron chi connectivity index (χ1n) is 7.60. The van der Waals surface area contributed by atoms with E-state index in [4.69, 9.17) is 10.8 Å². The van der Waals surface area contributed by atoms with Crippen molar-refractivity contribution in [3.8, 4) is 0 Å². The predicted octanol–water partition coefficient (Wildman–Crippen LogP) is 3.46. The first-order valence-corrected chi connectivity index (χ1v) is 7.60. The van der Waals surface area contributed by atoms with Gasteiger partial charge in [0.1, 0.15) is 11.6 Å². The molecule has 4 nitrogen and oxygen atoms in total. The molecule has 0 bridgehead atoms. The molecule has 19 heavy (non-hydrogen) atoms. The second-order valence-electron chi connectivity index (χ2n) is 5.54. The molecule has 1 heterocycles. The largest absolute Gasteiger partial charge is 0.308 e. The molecular formula is C15H26N4. The Morgan fingerprint density at radius 3 is 2.32 bits per heavy atom. The van der Waals surface area contributed by atoms with Crippen molar-refractivity contribution < 1.29 is 0 Å². The molecule has 1 aliphatic rings. The van der Waals surface area contributed by atoms with Gasteiger partial charge < -0.3 is 5.43 Å². The van der Waals surface area contributed by atoms with Crippen molar-refractivity contribution in [1.29, 1.82) is 0 Å². The lowest BCUT2D eigenvalue weighted by Gasteiger charge is -2.20. The molecule has 1 aromatic heterocycles. The van der Waals surface area contributed by atoms with Crippen molar-refractivity contribution in [2.75, 3.05) is 5.43 Å². The number of rotatable bonds is 3. The van der Waals surface area contributed by atoms with E-state index in [-0.39, 0.29) is 0 Å². The summed E-state index contributed by atoms with van der Waals surface area (Å²) in [6, 6.07) is 0. The number of nitrogens with two attached hydrogens (primary N) is 1. The van der Waals surface area contributed by atoms with Crippen LogP contribution in [0.3, 0.4) is 0 Å². The molecule has 0 aliphatic heterocycles. The summed E-state index contributed by atoms with van der Waals surface area (Å²) in [5.41, 5.74) is 4.93. The molecule has 1 aromatic rings. The number of nitrogens with zero attached hydrogens (tertiary/aromatic N) is 2. The molecule has 0 unspecified atom stereocenters. The average Bonchev–Trinajstić information content (AvgIpc) is 2.39. The topological polar surface area (TPSA) is 63.8 Å². The summed E-state index contributed by atoms with van der Waals surface area (Å²) < 4.78 is 0. The normalized spacial score (nSPS) is 17.8. The third kappa shape index (κ3) is 3.44. The Labute approximate surface area is 116 Å². The molecule has 0 amide bonds. The first kappa shape index (κ1) is 14.3. The number of nitrogen functional groups attached to an aromatic ring is 1. The quantitative estimate of drug-likeness (QED) is 0.647. The lowest BCUT2D eigenvalue weighted by molar-refractivity contribution is 0.441. The zero-order valence-corrected chi connectivity index (χ0v) is 12.2. The molecule has 0 radical (unpaired) electrons. The predicted molar refractivity (Wildman–Crippen MR) is 79.0 cm³/mol. The molecule has 2 rings (SSSR count). The second-order valence-corrected chi connectivity index (χ2v) is 5.54. The highest BCUT2D eigenvalue weighted by Crippen LogP contribution is 2.30. The minimum Gasteiger partial charge on any atom is -0.308 e. The fraction of sp³-hybridized carbons (Fsp3) is 0.733. The fourth-order valence-electron chi connectivity index (χ4n) is 2.96. The van der Waals surface area contributed by atoms with Crippen LogP contribution >= 0.6 is 0 Å². The van der Waals surface area contributed by atoms with E-state index in [1.54, 1.807) is 0 Å². The van der Waals surface area contributed by atoms with Gasteiger partial charge in [-0.05, 0) is 26.2 Å². The van der Waals surface area contributed by atoms with Crippen molar-refractivity contribution in [2.45, 2.75) is 71.1 Å². The van der Waals surface area contributed by atoms with Gasteiger partial charge in [0.05, 0.1) is 0 Å². The number of hydrogen-bond acceptors (Lipinski definition) is 4. The fourth-order valence-corrected chi connectivity index (χ4v) is 2.96. The van der Waals surface area contributed by atoms with Crippen LogP contribution in [0.4, 0.5) is 5.82 Å². The second kappa shape index (κ2) is 6.85. The summed E-state index contributed by atoms with van der Waals surface area (Å²) in [6.07, 6.45) is 10.1. The van der Waals surface area contributed by atoms with E-state index in [2.05, 4.69) is 17.3 Å². The summed E-state index contributed by atoms with van der Waals surface area (Å²) in [4.78, 5) is 9.44. The highest BCUT2D eigenvalue weighted by Gasteiger charge is 2.19. The molecule has 0 saturated heterocycles. The van der Waals surface area contributed by atoms with Gasteiger partial charge in [-0.3, -0.25) is 0 Å². The lowest BCUT2D eigenvalue weighted by atomic mass is 9.90. The van der Waals surface area contributed by atoms with Gasteiger partial charge in [-0.15, -0.1) is 0 Å². The average molecular weight is 262 g/mol. The van der Waals surface area contributed by atoms with Crippen LogP contribution < -0.4 is 11.3 Å². The maximum absolute atomic E-state index is 5.59. The van der Waals surface area contributed by atoms with Crippen LogP contribution in [0.5, 0.6) is 0 Å². The standard InChI is InChI=1S/C15H26N4/c1-3-13-11(2)14(19-16)18-15(17-13)12-9-7-5-4-6-8-10-12/h12H,3-10,16H2,1-2H3,(H,17,18,19). The molecule has 3 N–H and O–H groups in total. The van der Waals surface area contributed by atoms with Crippen molar-refractivity contribution in [1.82, 2.24) is 9.97 Å². The Morgan fingerprint density at radius 2 is 1.74 bits per heavy atom. The van der Waals surface area contributed by atoms with Crippen LogP contribution in [-0.4, -0.2) is 9.97 Å². The third-order valence-corrected chi connectivity index (χ3v) is 4.21. The van der Waals surface area contributed by atoms with E-state index in [1.807, 2.05) is 6.92 Å². The van der Waals surface area contributed by atoms with Gasteiger partial charge in [0.25, 0.3) is 0 Å². The Morgan fingerprint density at radius 1 is 1.11 bits per heavy atom. The molecule has 106 valence electrons. The molecular weight excluding hydrogens is 236 g/mol. The molecule has 0 spiro atoms. The Kier molecular flexibility index (Phi) is 5.14. The minimum absolute atomic E-state index is 0.512. The van der Waals surface area contributed by atoms with E-state index in [9.17, 15) is 0 Å². The molecule has 0 aromatic carbocycles. The summed E-state index contributed by atoms with van der Waals surface area (Å²) in [5, 5.41) is 0. The van der Waals surface area contributed by atoms with E-state index in [0.717, 1.165) is 29.3 Å². The smallest absolute Gasteiger partial charge is 0.146 e. The number of hydrogen-bond donors (Lipinski definition) is 2. The van der Waals surface area contributed by atoms with E-state index in [0.29, 0.717) is 5.92 Å². The zero-order chi connectivity index (χ0) is 13.7. The lowest BCUT2D eigenvalue weighted by Crippen LogP contribution is -2.16. The third-order valence-electron chi connectivity index (χ3n) is 4.21. The van der Waals surface area contributed by atoms with Crippen molar-refractivity contribution in [3.63, 3.8) is 0 Å². The zero-order valence-electron chi connectivity index (χ0n) is 12.2. The molecule has 1 aliphatic carbocycles. The summed E-state index contributed by atoms with van der Waals surface area (Å²) >= 11 is 0. The van der Waals surface area contributed by atoms with Crippen molar-refractivity contribution >= 4 is 5.82 Å². The summed E-state index contributed by atoms with van der Waals surface area (Å²) in [5.74, 6) is 7.89. The SMILES string of the molecule is CCc1nc(C2CCCCCCC2)nc(NN)c1C. The van der Waals surface area contributed by atoms with E-state index < -0.39 is 0 Å². The van der Waals surface area contributed by atoms with Gasteiger partial charge >= 0.3 is 0 Å². The Bertz CT molecular complexity index is 384. The van der Waals surface area contributed by atoms with Crippen LogP contribution in [0.15, 0.2) is 0 Å². The number of aromatic nitrogens is 2. The van der Waals surface area contributed by atoms with Gasteiger partial charge in [-0.1, -0.05) is 39.0 Å². The summed E-state index contributed by atoms with van der Waals surface area (Å²) in [7, 11) is 0. The van der Waals surface area contributed by atoms with Crippen LogP contribution in [0.1, 0.15) is 74.9 Å². The van der Waals surface area contributed by atoms with Gasteiger partial charge in [-0.25, -0.2) is 15.8 Å². The first-order chi connectivity index (χ1) is 9.26. The molecule has 0 atom stereocenters. The van der Waals surface area contributed by atoms with E-state index >= 15 is 0 Å². The number of hydrazine groups is 1. The molecule has 1 fully saturated rings. The number of anilines is 1.